The summed E-state index contributed by atoms with van der Waals surface area (Å²) in [4.78, 5) is 5.27. The van der Waals surface area contributed by atoms with Crippen molar-refractivity contribution in [3.8, 4) is 0 Å². The van der Waals surface area contributed by atoms with Crippen molar-refractivity contribution in [1.82, 2.24) is 15.1 Å². The molecule has 0 aliphatic carbocycles. The average Bonchev–Trinajstić information content (AvgIpc) is 3.04. The number of nitrogens with zero attached hydrogens (tertiary/aromatic N) is 2. The van der Waals surface area contributed by atoms with Gasteiger partial charge in [0.15, 0.2) is 0 Å². The number of hydrogen-bond donors (Lipinski definition) is 1. The van der Waals surface area contributed by atoms with E-state index in [4.69, 9.17) is 4.74 Å². The van der Waals surface area contributed by atoms with E-state index in [0.29, 0.717) is 6.10 Å². The smallest absolute Gasteiger partial charge is 0.0827 e. The van der Waals surface area contributed by atoms with Gasteiger partial charge in [-0.2, -0.15) is 0 Å². The maximum Gasteiger partial charge on any atom is 0.0827 e. The lowest BCUT2D eigenvalue weighted by atomic mass is 9.94. The lowest BCUT2D eigenvalue weighted by Crippen LogP contribution is -2.52. The molecule has 4 rings (SSSR count). The summed E-state index contributed by atoms with van der Waals surface area (Å²) in [6.45, 7) is 8.44. The summed E-state index contributed by atoms with van der Waals surface area (Å²) in [5.41, 5.74) is 0. The van der Waals surface area contributed by atoms with E-state index in [0.717, 1.165) is 37.7 Å². The highest BCUT2D eigenvalue weighted by Gasteiger charge is 2.36. The average molecular weight is 265 g/mol. The number of hydrogen-bond acceptors (Lipinski definition) is 4. The quantitative estimate of drug-likeness (QED) is 0.806. The molecule has 2 bridgehead atoms. The third kappa shape index (κ3) is 2.56. The molecule has 0 spiro atoms. The molecular formula is C15H27N3O. The van der Waals surface area contributed by atoms with Gasteiger partial charge in [0.25, 0.3) is 0 Å². The Bertz CT molecular complexity index is 325. The van der Waals surface area contributed by atoms with Crippen molar-refractivity contribution in [2.75, 3.05) is 45.9 Å². The predicted octanol–water partition coefficient (Wildman–Crippen LogP) is 0.533. The van der Waals surface area contributed by atoms with Crippen LogP contribution in [0.2, 0.25) is 0 Å². The van der Waals surface area contributed by atoms with Gasteiger partial charge in [-0.3, -0.25) is 4.90 Å². The molecule has 0 radical (unpaired) electrons. The minimum atomic E-state index is 0.425. The number of morpholine rings is 1. The summed E-state index contributed by atoms with van der Waals surface area (Å²) in [7, 11) is 0. The number of rotatable bonds is 3. The molecule has 108 valence electrons. The van der Waals surface area contributed by atoms with Gasteiger partial charge >= 0.3 is 0 Å². The van der Waals surface area contributed by atoms with Crippen LogP contribution in [0.25, 0.3) is 0 Å². The standard InChI is InChI=1S/C15H27N3O/c1-2-13-11-19-14(10-18(13)5-1)8-16-15-4-7-17-6-3-12(15)9-17/h12-16H,1-11H2. The Labute approximate surface area is 116 Å². The zero-order valence-corrected chi connectivity index (χ0v) is 11.9. The van der Waals surface area contributed by atoms with Crippen LogP contribution in [0.1, 0.15) is 25.7 Å². The zero-order valence-electron chi connectivity index (χ0n) is 11.9. The van der Waals surface area contributed by atoms with Gasteiger partial charge in [-0.25, -0.2) is 0 Å². The summed E-state index contributed by atoms with van der Waals surface area (Å²) < 4.78 is 6.05. The summed E-state index contributed by atoms with van der Waals surface area (Å²) in [6, 6.07) is 1.48. The monoisotopic (exact) mass is 265 g/mol. The van der Waals surface area contributed by atoms with Crippen molar-refractivity contribution in [2.45, 2.75) is 43.9 Å². The van der Waals surface area contributed by atoms with E-state index in [1.807, 2.05) is 0 Å². The number of ether oxygens (including phenoxy) is 1. The molecule has 0 amide bonds. The zero-order chi connectivity index (χ0) is 12.7. The lowest BCUT2D eigenvalue weighted by molar-refractivity contribution is -0.0488. The Balaban J connectivity index is 1.26. The second-order valence-corrected chi connectivity index (χ2v) is 6.90. The van der Waals surface area contributed by atoms with Crippen LogP contribution in [0, 0.1) is 5.92 Å². The van der Waals surface area contributed by atoms with Gasteiger partial charge in [0.2, 0.25) is 0 Å². The molecule has 4 saturated heterocycles. The first-order valence-corrected chi connectivity index (χ1v) is 8.20. The molecule has 4 aliphatic heterocycles. The van der Waals surface area contributed by atoms with Gasteiger partial charge in [0.05, 0.1) is 12.7 Å². The van der Waals surface area contributed by atoms with E-state index in [-0.39, 0.29) is 0 Å². The fraction of sp³-hybridized carbons (Fsp3) is 1.00. The van der Waals surface area contributed by atoms with Crippen LogP contribution in [0.15, 0.2) is 0 Å². The topological polar surface area (TPSA) is 27.7 Å². The Morgan fingerprint density at radius 2 is 2.00 bits per heavy atom. The van der Waals surface area contributed by atoms with Gasteiger partial charge in [-0.15, -0.1) is 0 Å². The van der Waals surface area contributed by atoms with Crippen LogP contribution in [0.4, 0.5) is 0 Å². The summed E-state index contributed by atoms with van der Waals surface area (Å²) in [5, 5.41) is 3.82. The predicted molar refractivity (Wildman–Crippen MR) is 75.3 cm³/mol. The highest BCUT2D eigenvalue weighted by Crippen LogP contribution is 2.27. The van der Waals surface area contributed by atoms with Crippen molar-refractivity contribution in [1.29, 1.82) is 0 Å². The summed E-state index contributed by atoms with van der Waals surface area (Å²) >= 11 is 0. The Morgan fingerprint density at radius 1 is 1.05 bits per heavy atom. The van der Waals surface area contributed by atoms with Crippen molar-refractivity contribution >= 4 is 0 Å². The second kappa shape index (κ2) is 5.32. The molecular weight excluding hydrogens is 238 g/mol. The van der Waals surface area contributed by atoms with Gasteiger partial charge in [0.1, 0.15) is 0 Å². The van der Waals surface area contributed by atoms with Gasteiger partial charge in [0, 0.05) is 31.7 Å². The van der Waals surface area contributed by atoms with Crippen molar-refractivity contribution < 1.29 is 4.74 Å². The minimum absolute atomic E-state index is 0.425. The molecule has 4 nitrogen and oxygen atoms in total. The molecule has 19 heavy (non-hydrogen) atoms. The van der Waals surface area contributed by atoms with Crippen LogP contribution in [-0.4, -0.2) is 73.9 Å². The Morgan fingerprint density at radius 3 is 3.00 bits per heavy atom. The Hall–Kier alpha value is -0.160. The lowest BCUT2D eigenvalue weighted by Gasteiger charge is -2.37. The van der Waals surface area contributed by atoms with Gasteiger partial charge in [-0.05, 0) is 51.2 Å². The van der Waals surface area contributed by atoms with Crippen LogP contribution in [0.3, 0.4) is 0 Å². The maximum absolute atomic E-state index is 6.05. The third-order valence-corrected chi connectivity index (χ3v) is 5.70. The number of nitrogens with one attached hydrogen (secondary N) is 1. The van der Waals surface area contributed by atoms with E-state index in [1.165, 1.54) is 51.9 Å². The molecule has 4 heteroatoms. The first kappa shape index (κ1) is 12.6. The van der Waals surface area contributed by atoms with Gasteiger partial charge in [-0.1, -0.05) is 0 Å². The molecule has 1 N–H and O–H groups in total. The van der Waals surface area contributed by atoms with E-state index < -0.39 is 0 Å². The Kier molecular flexibility index (Phi) is 3.52. The molecule has 5 unspecified atom stereocenters. The molecule has 0 saturated carbocycles. The first-order chi connectivity index (χ1) is 9.38. The molecule has 4 aliphatic rings. The SMILES string of the molecule is C1CC2COC(CNC3CCN4CCC3C4)CN2C1. The van der Waals surface area contributed by atoms with E-state index in [2.05, 4.69) is 15.1 Å². The van der Waals surface area contributed by atoms with Crippen LogP contribution >= 0.6 is 0 Å². The largest absolute Gasteiger partial charge is 0.374 e. The third-order valence-electron chi connectivity index (χ3n) is 5.70. The molecule has 0 aromatic heterocycles. The van der Waals surface area contributed by atoms with Crippen molar-refractivity contribution in [2.24, 2.45) is 5.92 Å². The molecule has 4 heterocycles. The van der Waals surface area contributed by atoms with Crippen molar-refractivity contribution in [3.63, 3.8) is 0 Å². The molecule has 0 aromatic carbocycles. The summed E-state index contributed by atoms with van der Waals surface area (Å²) in [5.74, 6) is 0.900. The fourth-order valence-corrected chi connectivity index (χ4v) is 4.51. The first-order valence-electron chi connectivity index (χ1n) is 8.20. The highest BCUT2D eigenvalue weighted by molar-refractivity contribution is 4.92. The van der Waals surface area contributed by atoms with E-state index in [9.17, 15) is 0 Å². The van der Waals surface area contributed by atoms with Crippen molar-refractivity contribution in [3.05, 3.63) is 0 Å². The second-order valence-electron chi connectivity index (χ2n) is 6.90. The van der Waals surface area contributed by atoms with Crippen LogP contribution < -0.4 is 5.32 Å². The van der Waals surface area contributed by atoms with E-state index >= 15 is 0 Å². The number of piperidine rings is 1. The summed E-state index contributed by atoms with van der Waals surface area (Å²) in [6.07, 6.45) is 5.88. The van der Waals surface area contributed by atoms with Gasteiger partial charge < -0.3 is 15.0 Å². The molecule has 4 fully saturated rings. The maximum atomic E-state index is 6.05. The van der Waals surface area contributed by atoms with Crippen LogP contribution in [0.5, 0.6) is 0 Å². The molecule has 5 atom stereocenters. The highest BCUT2D eigenvalue weighted by atomic mass is 16.5. The molecule has 0 aromatic rings. The fourth-order valence-electron chi connectivity index (χ4n) is 4.51. The number of fused-ring (bicyclic) bond motifs is 3. The normalized spacial score (nSPS) is 46.4. The van der Waals surface area contributed by atoms with E-state index in [1.54, 1.807) is 0 Å². The van der Waals surface area contributed by atoms with Crippen LogP contribution in [-0.2, 0) is 4.74 Å². The minimum Gasteiger partial charge on any atom is -0.374 e.